The molecule has 2 rings (SSSR count). The highest BCUT2D eigenvalue weighted by Gasteiger charge is 2.25. The summed E-state index contributed by atoms with van der Waals surface area (Å²) in [6.07, 6.45) is 2.74. The summed E-state index contributed by atoms with van der Waals surface area (Å²) in [4.78, 5) is 2.70. The minimum absolute atomic E-state index is 0.729. The van der Waals surface area contributed by atoms with Crippen LogP contribution in [0.1, 0.15) is 26.7 Å². The van der Waals surface area contributed by atoms with E-state index in [2.05, 4.69) is 35.8 Å². The van der Waals surface area contributed by atoms with Crippen LogP contribution in [0.5, 0.6) is 0 Å². The lowest BCUT2D eigenvalue weighted by atomic mass is 9.96. The Morgan fingerprint density at radius 2 is 2.38 bits per heavy atom. The molecule has 0 saturated carbocycles. The van der Waals surface area contributed by atoms with Crippen molar-refractivity contribution in [2.75, 3.05) is 37.7 Å². The fourth-order valence-electron chi connectivity index (χ4n) is 2.77. The number of nitrogens with one attached hydrogen (secondary N) is 1. The van der Waals surface area contributed by atoms with Crippen molar-refractivity contribution >= 4 is 11.8 Å². The summed E-state index contributed by atoms with van der Waals surface area (Å²) in [6.45, 7) is 9.76. The first-order chi connectivity index (χ1) is 7.79. The zero-order valence-corrected chi connectivity index (χ0v) is 11.6. The molecule has 0 bridgehead atoms. The zero-order chi connectivity index (χ0) is 11.4. The Bertz CT molecular complexity index is 204. The van der Waals surface area contributed by atoms with E-state index in [0.29, 0.717) is 0 Å². The minimum atomic E-state index is 0.729. The van der Waals surface area contributed by atoms with Crippen LogP contribution in [0.25, 0.3) is 0 Å². The maximum Gasteiger partial charge on any atom is 0.0221 e. The lowest BCUT2D eigenvalue weighted by molar-refractivity contribution is 0.152. The molecule has 0 aromatic heterocycles. The molecule has 0 spiro atoms. The maximum atomic E-state index is 3.68. The molecule has 0 aromatic carbocycles. The van der Waals surface area contributed by atoms with Gasteiger partial charge in [-0.3, -0.25) is 0 Å². The van der Waals surface area contributed by atoms with Crippen LogP contribution in [-0.2, 0) is 0 Å². The third kappa shape index (κ3) is 3.38. The molecule has 3 unspecified atom stereocenters. The molecule has 0 aliphatic carbocycles. The molecule has 2 saturated heterocycles. The predicted molar refractivity (Wildman–Crippen MR) is 73.1 cm³/mol. The van der Waals surface area contributed by atoms with E-state index in [9.17, 15) is 0 Å². The molecular weight excluding hydrogens is 216 g/mol. The lowest BCUT2D eigenvalue weighted by Gasteiger charge is -2.37. The Morgan fingerprint density at radius 3 is 3.06 bits per heavy atom. The standard InChI is InChI=1S/C13H26N2S/c1-3-11(2)13-9-15(6-5-14-13)8-12-4-7-16-10-12/h11-14H,3-10H2,1-2H3. The van der Waals surface area contributed by atoms with Crippen LogP contribution in [0.2, 0.25) is 0 Å². The van der Waals surface area contributed by atoms with Crippen molar-refractivity contribution in [3.8, 4) is 0 Å². The molecule has 2 fully saturated rings. The quantitative estimate of drug-likeness (QED) is 0.812. The van der Waals surface area contributed by atoms with Gasteiger partial charge < -0.3 is 10.2 Å². The number of hydrogen-bond acceptors (Lipinski definition) is 3. The topological polar surface area (TPSA) is 15.3 Å². The largest absolute Gasteiger partial charge is 0.311 e. The van der Waals surface area contributed by atoms with E-state index in [1.54, 1.807) is 0 Å². The molecule has 94 valence electrons. The van der Waals surface area contributed by atoms with Gasteiger partial charge in [-0.1, -0.05) is 20.3 Å². The van der Waals surface area contributed by atoms with Crippen LogP contribution in [0.3, 0.4) is 0 Å². The highest BCUT2D eigenvalue weighted by molar-refractivity contribution is 7.99. The van der Waals surface area contributed by atoms with Crippen molar-refractivity contribution in [1.29, 1.82) is 0 Å². The minimum Gasteiger partial charge on any atom is -0.311 e. The van der Waals surface area contributed by atoms with Crippen LogP contribution in [0.4, 0.5) is 0 Å². The van der Waals surface area contributed by atoms with E-state index < -0.39 is 0 Å². The number of rotatable bonds is 4. The molecule has 16 heavy (non-hydrogen) atoms. The monoisotopic (exact) mass is 242 g/mol. The normalized spacial score (nSPS) is 34.1. The summed E-state index contributed by atoms with van der Waals surface area (Å²) in [5, 5.41) is 3.68. The molecule has 2 aliphatic rings. The van der Waals surface area contributed by atoms with Crippen molar-refractivity contribution in [3.63, 3.8) is 0 Å². The van der Waals surface area contributed by atoms with Crippen LogP contribution in [0.15, 0.2) is 0 Å². The van der Waals surface area contributed by atoms with E-state index in [0.717, 1.165) is 17.9 Å². The molecule has 1 N–H and O–H groups in total. The lowest BCUT2D eigenvalue weighted by Crippen LogP contribution is -2.54. The summed E-state index contributed by atoms with van der Waals surface area (Å²) in [5.41, 5.74) is 0. The smallest absolute Gasteiger partial charge is 0.0221 e. The predicted octanol–water partition coefficient (Wildman–Crippen LogP) is 2.06. The summed E-state index contributed by atoms with van der Waals surface area (Å²) in [5.74, 6) is 4.59. The average molecular weight is 242 g/mol. The van der Waals surface area contributed by atoms with Gasteiger partial charge in [-0.05, 0) is 29.8 Å². The number of hydrogen-bond donors (Lipinski definition) is 1. The molecule has 0 amide bonds. The van der Waals surface area contributed by atoms with Gasteiger partial charge in [0.25, 0.3) is 0 Å². The van der Waals surface area contributed by atoms with Crippen molar-refractivity contribution < 1.29 is 0 Å². The SMILES string of the molecule is CCC(C)C1CN(CC2CCSC2)CCN1. The second-order valence-corrected chi connectivity index (χ2v) is 6.59. The van der Waals surface area contributed by atoms with E-state index in [1.807, 2.05) is 0 Å². The number of thioether (sulfide) groups is 1. The Kier molecular flexibility index (Phi) is 4.98. The molecule has 2 heterocycles. The Morgan fingerprint density at radius 1 is 1.50 bits per heavy atom. The molecular formula is C13H26N2S. The summed E-state index contributed by atoms with van der Waals surface area (Å²) < 4.78 is 0. The van der Waals surface area contributed by atoms with Gasteiger partial charge in [0.2, 0.25) is 0 Å². The van der Waals surface area contributed by atoms with Crippen molar-refractivity contribution in [3.05, 3.63) is 0 Å². The van der Waals surface area contributed by atoms with E-state index >= 15 is 0 Å². The van der Waals surface area contributed by atoms with Gasteiger partial charge in [0, 0.05) is 32.2 Å². The van der Waals surface area contributed by atoms with Gasteiger partial charge in [-0.25, -0.2) is 0 Å². The third-order valence-corrected chi connectivity index (χ3v) is 5.39. The van der Waals surface area contributed by atoms with Gasteiger partial charge in [-0.15, -0.1) is 0 Å². The zero-order valence-electron chi connectivity index (χ0n) is 10.7. The van der Waals surface area contributed by atoms with Crippen LogP contribution < -0.4 is 5.32 Å². The average Bonchev–Trinajstić information content (AvgIpc) is 2.81. The molecule has 0 radical (unpaired) electrons. The van der Waals surface area contributed by atoms with Gasteiger partial charge in [0.1, 0.15) is 0 Å². The van der Waals surface area contributed by atoms with Gasteiger partial charge >= 0.3 is 0 Å². The second kappa shape index (κ2) is 6.27. The summed E-state index contributed by atoms with van der Waals surface area (Å²) >= 11 is 2.14. The van der Waals surface area contributed by atoms with Crippen LogP contribution in [-0.4, -0.2) is 48.6 Å². The Hall–Kier alpha value is 0.270. The van der Waals surface area contributed by atoms with E-state index in [4.69, 9.17) is 0 Å². The van der Waals surface area contributed by atoms with Gasteiger partial charge in [0.05, 0.1) is 0 Å². The summed E-state index contributed by atoms with van der Waals surface area (Å²) in [6, 6.07) is 0.729. The second-order valence-electron chi connectivity index (χ2n) is 5.44. The molecule has 2 aliphatic heterocycles. The van der Waals surface area contributed by atoms with E-state index in [-0.39, 0.29) is 0 Å². The third-order valence-electron chi connectivity index (χ3n) is 4.16. The fraction of sp³-hybridized carbons (Fsp3) is 1.00. The van der Waals surface area contributed by atoms with Crippen molar-refractivity contribution in [1.82, 2.24) is 10.2 Å². The Labute approximate surface area is 105 Å². The van der Waals surface area contributed by atoms with E-state index in [1.165, 1.54) is 50.5 Å². The van der Waals surface area contributed by atoms with Crippen molar-refractivity contribution in [2.24, 2.45) is 11.8 Å². The first kappa shape index (κ1) is 12.7. The molecule has 0 aromatic rings. The first-order valence-corrected chi connectivity index (χ1v) is 7.98. The first-order valence-electron chi connectivity index (χ1n) is 6.83. The molecule has 3 atom stereocenters. The fourth-order valence-corrected chi connectivity index (χ4v) is 4.04. The number of nitrogens with zero attached hydrogens (tertiary/aromatic N) is 1. The molecule has 3 heteroatoms. The maximum absolute atomic E-state index is 3.68. The Balaban J connectivity index is 1.77. The number of piperazine rings is 1. The van der Waals surface area contributed by atoms with Crippen LogP contribution in [0, 0.1) is 11.8 Å². The van der Waals surface area contributed by atoms with Crippen molar-refractivity contribution in [2.45, 2.75) is 32.7 Å². The highest BCUT2D eigenvalue weighted by Crippen LogP contribution is 2.24. The highest BCUT2D eigenvalue weighted by atomic mass is 32.2. The van der Waals surface area contributed by atoms with Crippen LogP contribution >= 0.6 is 11.8 Å². The van der Waals surface area contributed by atoms with Gasteiger partial charge in [-0.2, -0.15) is 11.8 Å². The molecule has 2 nitrogen and oxygen atoms in total. The summed E-state index contributed by atoms with van der Waals surface area (Å²) in [7, 11) is 0. The van der Waals surface area contributed by atoms with Gasteiger partial charge in [0.15, 0.2) is 0 Å².